The van der Waals surface area contributed by atoms with Crippen molar-refractivity contribution in [3.63, 3.8) is 0 Å². The molecule has 3 heteroatoms. The summed E-state index contributed by atoms with van der Waals surface area (Å²) in [5.41, 5.74) is 2.80. The molecule has 0 atom stereocenters. The fourth-order valence-corrected chi connectivity index (χ4v) is 2.51. The van der Waals surface area contributed by atoms with Crippen LogP contribution >= 0.6 is 45.5 Å². The van der Waals surface area contributed by atoms with E-state index in [0.717, 1.165) is 10.8 Å². The maximum Gasteiger partial charge on any atom is 0.0830 e. The molecule has 1 nitrogen and oxygen atoms in total. The minimum Gasteiger partial charge on any atom is -0.223 e. The molecule has 0 spiro atoms. The van der Waals surface area contributed by atoms with E-state index in [4.69, 9.17) is 0 Å². The summed E-state index contributed by atoms with van der Waals surface area (Å²) >= 11 is 4.54. The minimum atomic E-state index is 0.192. The number of alkyl halides is 1. The van der Waals surface area contributed by atoms with E-state index in [1.165, 1.54) is 11.3 Å². The Kier molecular flexibility index (Phi) is 5.52. The Balaban J connectivity index is 2.81. The van der Waals surface area contributed by atoms with Crippen LogP contribution in [0.3, 0.4) is 0 Å². The summed E-state index contributed by atoms with van der Waals surface area (Å²) in [5.74, 6) is 0. The van der Waals surface area contributed by atoms with E-state index < -0.39 is 0 Å². The molecule has 0 radical (unpaired) electrons. The molecule has 0 aliphatic heterocycles. The zero-order valence-electron chi connectivity index (χ0n) is 9.00. The molecule has 0 unspecified atom stereocenters. The van der Waals surface area contributed by atoms with Gasteiger partial charge in [0.2, 0.25) is 0 Å². The first kappa shape index (κ1) is 13.4. The standard InChI is InChI=1S/C12H15I2N/c1-12(2,9-13)11(15-14)8-10-6-4-3-5-7-10/h3-7H,8-9H2,1-2H3. The summed E-state index contributed by atoms with van der Waals surface area (Å²) in [4.78, 5) is 0. The minimum absolute atomic E-state index is 0.192. The van der Waals surface area contributed by atoms with Gasteiger partial charge in [0.1, 0.15) is 0 Å². The predicted octanol–water partition coefficient (Wildman–Crippen LogP) is 4.48. The number of benzene rings is 1. The Labute approximate surface area is 119 Å². The number of hydrogen-bond acceptors (Lipinski definition) is 1. The van der Waals surface area contributed by atoms with Crippen molar-refractivity contribution in [3.8, 4) is 0 Å². The third-order valence-corrected chi connectivity index (χ3v) is 4.92. The van der Waals surface area contributed by atoms with Crippen molar-refractivity contribution in [2.24, 2.45) is 8.62 Å². The highest BCUT2D eigenvalue weighted by molar-refractivity contribution is 14.1. The topological polar surface area (TPSA) is 12.4 Å². The largest absolute Gasteiger partial charge is 0.223 e. The van der Waals surface area contributed by atoms with Crippen LogP contribution in [-0.4, -0.2) is 10.1 Å². The molecule has 0 N–H and O–H groups in total. The van der Waals surface area contributed by atoms with E-state index in [1.54, 1.807) is 0 Å². The summed E-state index contributed by atoms with van der Waals surface area (Å²) < 4.78 is 5.50. The van der Waals surface area contributed by atoms with E-state index in [9.17, 15) is 0 Å². The molecule has 0 bridgehead atoms. The lowest BCUT2D eigenvalue weighted by atomic mass is 9.86. The molecule has 0 fully saturated rings. The Morgan fingerprint density at radius 1 is 1.27 bits per heavy atom. The highest BCUT2D eigenvalue weighted by Crippen LogP contribution is 2.24. The van der Waals surface area contributed by atoms with E-state index in [2.05, 4.69) is 86.8 Å². The van der Waals surface area contributed by atoms with Crippen LogP contribution < -0.4 is 0 Å². The zero-order valence-corrected chi connectivity index (χ0v) is 13.3. The quantitative estimate of drug-likeness (QED) is 0.382. The van der Waals surface area contributed by atoms with Crippen molar-refractivity contribution in [2.75, 3.05) is 4.43 Å². The lowest BCUT2D eigenvalue weighted by Crippen LogP contribution is -2.27. The molecule has 0 aromatic heterocycles. The molecule has 0 heterocycles. The van der Waals surface area contributed by atoms with Gasteiger partial charge in [0.25, 0.3) is 0 Å². The molecule has 82 valence electrons. The first-order valence-electron chi connectivity index (χ1n) is 4.88. The highest BCUT2D eigenvalue weighted by atomic mass is 127. The van der Waals surface area contributed by atoms with Gasteiger partial charge in [0.15, 0.2) is 0 Å². The molecule has 1 aromatic carbocycles. The van der Waals surface area contributed by atoms with Gasteiger partial charge in [-0.25, -0.2) is 3.21 Å². The van der Waals surface area contributed by atoms with E-state index >= 15 is 0 Å². The second-order valence-electron chi connectivity index (χ2n) is 4.21. The van der Waals surface area contributed by atoms with Crippen LogP contribution in [0.15, 0.2) is 33.5 Å². The molecule has 0 aliphatic carbocycles. The van der Waals surface area contributed by atoms with Crippen LogP contribution in [0.25, 0.3) is 0 Å². The summed E-state index contributed by atoms with van der Waals surface area (Å²) in [6.45, 7) is 4.50. The normalized spacial score (nSPS) is 12.9. The third-order valence-electron chi connectivity index (χ3n) is 2.43. The van der Waals surface area contributed by atoms with Crippen LogP contribution in [0, 0.1) is 5.41 Å². The highest BCUT2D eigenvalue weighted by Gasteiger charge is 2.23. The molecule has 0 saturated carbocycles. The van der Waals surface area contributed by atoms with Crippen molar-refractivity contribution in [2.45, 2.75) is 20.3 Å². The summed E-state index contributed by atoms with van der Waals surface area (Å²) in [6, 6.07) is 10.5. The van der Waals surface area contributed by atoms with Crippen LogP contribution in [0.2, 0.25) is 0 Å². The van der Waals surface area contributed by atoms with Gasteiger partial charge in [0, 0.05) is 22.0 Å². The average molecular weight is 427 g/mol. The monoisotopic (exact) mass is 427 g/mol. The molecule has 0 aliphatic rings. The van der Waals surface area contributed by atoms with Gasteiger partial charge in [-0.3, -0.25) is 0 Å². The number of nitrogens with zero attached hydrogens (tertiary/aromatic N) is 1. The second-order valence-corrected chi connectivity index (χ2v) is 5.46. The fraction of sp³-hybridized carbons (Fsp3) is 0.417. The summed E-state index contributed by atoms with van der Waals surface area (Å²) in [5, 5.41) is 0. The Morgan fingerprint density at radius 2 is 1.87 bits per heavy atom. The van der Waals surface area contributed by atoms with Crippen LogP contribution in [0.4, 0.5) is 0 Å². The van der Waals surface area contributed by atoms with Crippen LogP contribution in [-0.2, 0) is 6.42 Å². The van der Waals surface area contributed by atoms with Gasteiger partial charge in [-0.05, 0) is 5.56 Å². The van der Waals surface area contributed by atoms with Crippen LogP contribution in [0.5, 0.6) is 0 Å². The number of rotatable bonds is 4. The smallest absolute Gasteiger partial charge is 0.0830 e. The average Bonchev–Trinajstić information content (AvgIpc) is 2.27. The number of halogens is 2. The summed E-state index contributed by atoms with van der Waals surface area (Å²) in [6.07, 6.45) is 0.958. The maximum atomic E-state index is 4.41. The Hall–Kier alpha value is 0.350. The fourth-order valence-electron chi connectivity index (χ4n) is 1.25. The van der Waals surface area contributed by atoms with Crippen molar-refractivity contribution >= 4 is 51.2 Å². The first-order valence-corrected chi connectivity index (χ1v) is 7.37. The van der Waals surface area contributed by atoms with E-state index in [0.29, 0.717) is 0 Å². The van der Waals surface area contributed by atoms with Crippen LogP contribution in [0.1, 0.15) is 19.4 Å². The second kappa shape index (κ2) is 6.18. The maximum absolute atomic E-state index is 4.41. The van der Waals surface area contributed by atoms with Gasteiger partial charge in [-0.15, -0.1) is 0 Å². The lowest BCUT2D eigenvalue weighted by Gasteiger charge is -2.23. The van der Waals surface area contributed by atoms with Gasteiger partial charge in [-0.2, -0.15) is 0 Å². The molecule has 1 aromatic rings. The third kappa shape index (κ3) is 4.01. The number of hydrogen-bond donors (Lipinski definition) is 0. The van der Waals surface area contributed by atoms with Crippen molar-refractivity contribution in [3.05, 3.63) is 35.9 Å². The lowest BCUT2D eigenvalue weighted by molar-refractivity contribution is 0.606. The predicted molar refractivity (Wildman–Crippen MR) is 84.3 cm³/mol. The molecule has 0 amide bonds. The zero-order chi connectivity index (χ0) is 11.3. The molecular formula is C12H15I2N. The van der Waals surface area contributed by atoms with Gasteiger partial charge < -0.3 is 0 Å². The Morgan fingerprint density at radius 3 is 2.33 bits per heavy atom. The summed E-state index contributed by atoms with van der Waals surface area (Å²) in [7, 11) is 0. The van der Waals surface area contributed by atoms with Gasteiger partial charge in [0.05, 0.1) is 22.9 Å². The molecule has 15 heavy (non-hydrogen) atoms. The first-order chi connectivity index (χ1) is 7.10. The molecular weight excluding hydrogens is 412 g/mol. The molecule has 1 rings (SSSR count). The van der Waals surface area contributed by atoms with Gasteiger partial charge in [-0.1, -0.05) is 66.8 Å². The van der Waals surface area contributed by atoms with E-state index in [1.807, 2.05) is 6.07 Å². The van der Waals surface area contributed by atoms with Gasteiger partial charge >= 0.3 is 0 Å². The van der Waals surface area contributed by atoms with Crippen molar-refractivity contribution < 1.29 is 0 Å². The SMILES string of the molecule is CC(C)(CI)C(Cc1ccccc1)=NI. The molecule has 0 saturated heterocycles. The van der Waals surface area contributed by atoms with Crippen molar-refractivity contribution in [1.29, 1.82) is 0 Å². The van der Waals surface area contributed by atoms with E-state index in [-0.39, 0.29) is 5.41 Å². The Bertz CT molecular complexity index is 331. The van der Waals surface area contributed by atoms with Crippen molar-refractivity contribution in [1.82, 2.24) is 0 Å².